The fourth-order valence-electron chi connectivity index (χ4n) is 2.13. The lowest BCUT2D eigenvalue weighted by molar-refractivity contribution is 0.0581. The van der Waals surface area contributed by atoms with Gasteiger partial charge in [-0.25, -0.2) is 4.39 Å². The van der Waals surface area contributed by atoms with Crippen LogP contribution >= 0.6 is 0 Å². The zero-order valence-electron chi connectivity index (χ0n) is 10.5. The van der Waals surface area contributed by atoms with Gasteiger partial charge in [-0.1, -0.05) is 6.07 Å². The quantitative estimate of drug-likeness (QED) is 0.807. The number of amides is 1. The number of aliphatic hydroxyl groups excluding tert-OH is 1. The standard InChI is InChI=1S/C13H17FN2O2/c1-8-3-4-9(5-10(8)14)13(18)16(2)11-6-15-7-12(11)17/h3-5,11-12,15,17H,6-7H2,1-2H3/t11-,12-/m0/s1. The number of hydrogen-bond acceptors (Lipinski definition) is 3. The third kappa shape index (κ3) is 2.37. The molecule has 0 aliphatic carbocycles. The van der Waals surface area contributed by atoms with E-state index < -0.39 is 6.10 Å². The Morgan fingerprint density at radius 1 is 1.50 bits per heavy atom. The van der Waals surface area contributed by atoms with Crippen LogP contribution in [0.15, 0.2) is 18.2 Å². The number of carbonyl (C=O) groups is 1. The molecule has 0 spiro atoms. The van der Waals surface area contributed by atoms with Crippen molar-refractivity contribution in [2.75, 3.05) is 20.1 Å². The number of carbonyl (C=O) groups excluding carboxylic acids is 1. The fourth-order valence-corrected chi connectivity index (χ4v) is 2.13. The molecular formula is C13H17FN2O2. The highest BCUT2D eigenvalue weighted by Crippen LogP contribution is 2.14. The molecule has 0 saturated carbocycles. The molecule has 98 valence electrons. The molecule has 1 saturated heterocycles. The summed E-state index contributed by atoms with van der Waals surface area (Å²) >= 11 is 0. The average molecular weight is 252 g/mol. The number of likely N-dealkylation sites (N-methyl/N-ethyl adjacent to an activating group) is 1. The van der Waals surface area contributed by atoms with E-state index in [0.29, 0.717) is 24.2 Å². The molecule has 1 heterocycles. The monoisotopic (exact) mass is 252 g/mol. The van der Waals surface area contributed by atoms with Crippen LogP contribution < -0.4 is 5.32 Å². The maximum Gasteiger partial charge on any atom is 0.254 e. The largest absolute Gasteiger partial charge is 0.390 e. The zero-order valence-corrected chi connectivity index (χ0v) is 10.5. The van der Waals surface area contributed by atoms with Gasteiger partial charge in [-0.15, -0.1) is 0 Å². The Balaban J connectivity index is 2.17. The number of rotatable bonds is 2. The van der Waals surface area contributed by atoms with Gasteiger partial charge in [0.2, 0.25) is 0 Å². The van der Waals surface area contributed by atoms with Crippen LogP contribution in [0, 0.1) is 12.7 Å². The van der Waals surface area contributed by atoms with Crippen LogP contribution in [0.3, 0.4) is 0 Å². The number of hydrogen-bond donors (Lipinski definition) is 2. The minimum absolute atomic E-state index is 0.262. The summed E-state index contributed by atoms with van der Waals surface area (Å²) < 4.78 is 13.4. The van der Waals surface area contributed by atoms with Gasteiger partial charge in [0, 0.05) is 25.7 Å². The molecule has 1 aromatic carbocycles. The number of halogens is 1. The SMILES string of the molecule is Cc1ccc(C(=O)N(C)[C@H]2CNC[C@@H]2O)cc1F. The van der Waals surface area contributed by atoms with E-state index in [-0.39, 0.29) is 17.8 Å². The lowest BCUT2D eigenvalue weighted by Crippen LogP contribution is -2.44. The summed E-state index contributed by atoms with van der Waals surface area (Å²) in [5.74, 6) is -0.666. The Hall–Kier alpha value is -1.46. The number of benzene rings is 1. The second-order valence-corrected chi connectivity index (χ2v) is 4.67. The molecule has 4 nitrogen and oxygen atoms in total. The molecule has 2 atom stereocenters. The molecular weight excluding hydrogens is 235 g/mol. The van der Waals surface area contributed by atoms with Crippen molar-refractivity contribution in [1.29, 1.82) is 0 Å². The van der Waals surface area contributed by atoms with Gasteiger partial charge < -0.3 is 15.3 Å². The van der Waals surface area contributed by atoms with Crippen LogP contribution in [-0.4, -0.2) is 48.2 Å². The molecule has 0 unspecified atom stereocenters. The van der Waals surface area contributed by atoms with Crippen molar-refractivity contribution in [3.63, 3.8) is 0 Å². The molecule has 2 rings (SSSR count). The Kier molecular flexibility index (Phi) is 3.63. The highest BCUT2D eigenvalue weighted by Gasteiger charge is 2.31. The third-order valence-electron chi connectivity index (χ3n) is 3.39. The van der Waals surface area contributed by atoms with Crippen LogP contribution in [0.2, 0.25) is 0 Å². The van der Waals surface area contributed by atoms with E-state index in [2.05, 4.69) is 5.32 Å². The van der Waals surface area contributed by atoms with Crippen molar-refractivity contribution >= 4 is 5.91 Å². The Bertz CT molecular complexity index is 464. The van der Waals surface area contributed by atoms with Gasteiger partial charge in [0.15, 0.2) is 0 Å². The van der Waals surface area contributed by atoms with Crippen LogP contribution in [0.5, 0.6) is 0 Å². The van der Waals surface area contributed by atoms with Crippen LogP contribution in [0.4, 0.5) is 4.39 Å². The van der Waals surface area contributed by atoms with E-state index in [4.69, 9.17) is 0 Å². The second-order valence-electron chi connectivity index (χ2n) is 4.67. The first-order chi connectivity index (χ1) is 8.50. The first-order valence-electron chi connectivity index (χ1n) is 5.93. The maximum absolute atomic E-state index is 13.4. The van der Waals surface area contributed by atoms with Crippen LogP contribution in [-0.2, 0) is 0 Å². The van der Waals surface area contributed by atoms with E-state index in [1.807, 2.05) is 0 Å². The molecule has 0 aromatic heterocycles. The number of aryl methyl sites for hydroxylation is 1. The molecule has 1 aromatic rings. The molecule has 18 heavy (non-hydrogen) atoms. The molecule has 0 bridgehead atoms. The molecule has 1 aliphatic heterocycles. The van der Waals surface area contributed by atoms with Gasteiger partial charge in [0.05, 0.1) is 12.1 Å². The molecule has 0 radical (unpaired) electrons. The zero-order chi connectivity index (χ0) is 13.3. The molecule has 2 N–H and O–H groups in total. The lowest BCUT2D eigenvalue weighted by atomic mass is 10.1. The minimum atomic E-state index is -0.575. The maximum atomic E-state index is 13.4. The van der Waals surface area contributed by atoms with Gasteiger partial charge in [0.1, 0.15) is 5.82 Å². The Morgan fingerprint density at radius 3 is 2.78 bits per heavy atom. The highest BCUT2D eigenvalue weighted by atomic mass is 19.1. The fraction of sp³-hybridized carbons (Fsp3) is 0.462. The van der Waals surface area contributed by atoms with E-state index in [0.717, 1.165) is 0 Å². The van der Waals surface area contributed by atoms with Crippen LogP contribution in [0.1, 0.15) is 15.9 Å². The first kappa shape index (κ1) is 13.0. The van der Waals surface area contributed by atoms with E-state index in [1.54, 1.807) is 26.1 Å². The topological polar surface area (TPSA) is 52.6 Å². The van der Waals surface area contributed by atoms with Crippen molar-refractivity contribution in [2.24, 2.45) is 0 Å². The summed E-state index contributed by atoms with van der Waals surface area (Å²) in [7, 11) is 1.63. The summed E-state index contributed by atoms with van der Waals surface area (Å²) in [5, 5.41) is 12.7. The van der Waals surface area contributed by atoms with Gasteiger partial charge in [0.25, 0.3) is 5.91 Å². The Morgan fingerprint density at radius 2 is 2.22 bits per heavy atom. The van der Waals surface area contributed by atoms with E-state index in [9.17, 15) is 14.3 Å². The van der Waals surface area contributed by atoms with E-state index >= 15 is 0 Å². The number of aliphatic hydroxyl groups is 1. The number of β-amino-alcohol motifs (C(OH)–C–C–N with tert-alkyl or cyclic N) is 1. The van der Waals surface area contributed by atoms with E-state index in [1.165, 1.54) is 11.0 Å². The number of nitrogens with zero attached hydrogens (tertiary/aromatic N) is 1. The summed E-state index contributed by atoms with van der Waals surface area (Å²) in [6, 6.07) is 4.16. The van der Waals surface area contributed by atoms with Gasteiger partial charge in [-0.3, -0.25) is 4.79 Å². The summed E-state index contributed by atoms with van der Waals surface area (Å²) in [5.41, 5.74) is 0.816. The van der Waals surface area contributed by atoms with Crippen molar-refractivity contribution in [2.45, 2.75) is 19.1 Å². The molecule has 1 fully saturated rings. The summed E-state index contributed by atoms with van der Waals surface area (Å²) in [6.07, 6.45) is -0.575. The summed E-state index contributed by atoms with van der Waals surface area (Å²) in [4.78, 5) is 13.6. The molecule has 5 heteroatoms. The van der Waals surface area contributed by atoms with Crippen molar-refractivity contribution in [3.8, 4) is 0 Å². The predicted molar refractivity (Wildman–Crippen MR) is 65.9 cm³/mol. The Labute approximate surface area is 105 Å². The number of nitrogens with one attached hydrogen (secondary N) is 1. The van der Waals surface area contributed by atoms with Gasteiger partial charge in [-0.2, -0.15) is 0 Å². The average Bonchev–Trinajstić information content (AvgIpc) is 2.77. The highest BCUT2D eigenvalue weighted by molar-refractivity contribution is 5.94. The second kappa shape index (κ2) is 5.04. The smallest absolute Gasteiger partial charge is 0.254 e. The predicted octanol–water partition coefficient (Wildman–Crippen LogP) is 0.539. The van der Waals surface area contributed by atoms with Crippen molar-refractivity contribution in [3.05, 3.63) is 35.1 Å². The summed E-state index contributed by atoms with van der Waals surface area (Å²) in [6.45, 7) is 2.68. The van der Waals surface area contributed by atoms with Crippen LogP contribution in [0.25, 0.3) is 0 Å². The van der Waals surface area contributed by atoms with Crippen molar-refractivity contribution in [1.82, 2.24) is 10.2 Å². The minimum Gasteiger partial charge on any atom is -0.390 e. The van der Waals surface area contributed by atoms with Gasteiger partial charge >= 0.3 is 0 Å². The van der Waals surface area contributed by atoms with Crippen molar-refractivity contribution < 1.29 is 14.3 Å². The third-order valence-corrected chi connectivity index (χ3v) is 3.39. The lowest BCUT2D eigenvalue weighted by Gasteiger charge is -2.26. The first-order valence-corrected chi connectivity index (χ1v) is 5.93. The molecule has 1 amide bonds. The van der Waals surface area contributed by atoms with Gasteiger partial charge in [-0.05, 0) is 24.6 Å². The molecule has 1 aliphatic rings. The normalized spacial score (nSPS) is 23.1.